The molecule has 8 nitrogen and oxygen atoms in total. The van der Waals surface area contributed by atoms with E-state index in [4.69, 9.17) is 0 Å². The minimum Gasteiger partial charge on any atom is -0.378 e. The van der Waals surface area contributed by atoms with E-state index in [1.54, 1.807) is 18.2 Å². The van der Waals surface area contributed by atoms with Gasteiger partial charge in [-0.1, -0.05) is 23.9 Å². The van der Waals surface area contributed by atoms with Crippen molar-refractivity contribution in [1.82, 2.24) is 15.3 Å². The van der Waals surface area contributed by atoms with E-state index in [0.29, 0.717) is 31.6 Å². The summed E-state index contributed by atoms with van der Waals surface area (Å²) in [6.07, 6.45) is 2.85. The van der Waals surface area contributed by atoms with Crippen LogP contribution in [0.1, 0.15) is 23.4 Å². The van der Waals surface area contributed by atoms with E-state index in [9.17, 15) is 14.9 Å². The summed E-state index contributed by atoms with van der Waals surface area (Å²) in [5, 5.41) is 17.5. The van der Waals surface area contributed by atoms with E-state index < -0.39 is 4.92 Å². The van der Waals surface area contributed by atoms with Crippen molar-refractivity contribution in [2.75, 3.05) is 24.7 Å². The Morgan fingerprint density at radius 1 is 1.19 bits per heavy atom. The maximum absolute atomic E-state index is 12.1. The molecule has 0 fully saturated rings. The van der Waals surface area contributed by atoms with Crippen LogP contribution in [0.15, 0.2) is 29.4 Å². The number of aromatic nitrogens is 2. The van der Waals surface area contributed by atoms with Crippen LogP contribution in [0.25, 0.3) is 0 Å². The van der Waals surface area contributed by atoms with Crippen molar-refractivity contribution in [3.8, 4) is 0 Å². The molecule has 2 aromatic rings. The van der Waals surface area contributed by atoms with E-state index >= 15 is 0 Å². The van der Waals surface area contributed by atoms with Gasteiger partial charge in [0.25, 0.3) is 5.69 Å². The summed E-state index contributed by atoms with van der Waals surface area (Å²) in [7, 11) is 0. The minimum atomic E-state index is -0.435. The Kier molecular flexibility index (Phi) is 7.54. The Bertz CT molecular complexity index is 805. The third kappa shape index (κ3) is 5.92. The zero-order valence-corrected chi connectivity index (χ0v) is 16.4. The van der Waals surface area contributed by atoms with E-state index in [0.717, 1.165) is 22.1 Å². The van der Waals surface area contributed by atoms with Crippen molar-refractivity contribution in [3.05, 3.63) is 51.3 Å². The van der Waals surface area contributed by atoms with Crippen molar-refractivity contribution in [2.45, 2.75) is 31.8 Å². The number of nitro benzene ring substituents is 1. The number of hydrogen-bond acceptors (Lipinski definition) is 7. The molecule has 0 spiro atoms. The van der Waals surface area contributed by atoms with Gasteiger partial charge in [-0.25, -0.2) is 9.97 Å². The van der Waals surface area contributed by atoms with Gasteiger partial charge >= 0.3 is 0 Å². The maximum Gasteiger partial charge on any atom is 0.292 e. The first-order valence-electron chi connectivity index (χ1n) is 8.54. The Balaban J connectivity index is 1.78. The third-order valence-electron chi connectivity index (χ3n) is 4.05. The molecule has 2 N–H and O–H groups in total. The molecule has 27 heavy (non-hydrogen) atoms. The van der Waals surface area contributed by atoms with Gasteiger partial charge in [-0.2, -0.15) is 0 Å². The molecule has 2 rings (SSSR count). The van der Waals surface area contributed by atoms with Gasteiger partial charge in [0.05, 0.1) is 4.92 Å². The first kappa shape index (κ1) is 20.6. The zero-order chi connectivity index (χ0) is 19.8. The Labute approximate surface area is 162 Å². The van der Waals surface area contributed by atoms with Crippen molar-refractivity contribution in [3.63, 3.8) is 0 Å². The molecule has 0 saturated heterocycles. The second kappa shape index (κ2) is 9.86. The van der Waals surface area contributed by atoms with Crippen LogP contribution in [0.5, 0.6) is 0 Å². The summed E-state index contributed by atoms with van der Waals surface area (Å²) < 4.78 is 0. The first-order valence-corrected chi connectivity index (χ1v) is 9.77. The topological polar surface area (TPSA) is 110 Å². The monoisotopic (exact) mass is 389 g/mol. The molecule has 1 amide bonds. The highest BCUT2D eigenvalue weighted by atomic mass is 32.2. The van der Waals surface area contributed by atoms with Crippen LogP contribution in [-0.2, 0) is 11.2 Å². The summed E-state index contributed by atoms with van der Waals surface area (Å²) >= 11 is 1.49. The number of nitro groups is 1. The molecule has 1 aromatic heterocycles. The van der Waals surface area contributed by atoms with E-state index in [1.807, 2.05) is 20.1 Å². The molecule has 0 unspecified atom stereocenters. The number of carbonyl (C=O) groups is 1. The molecular weight excluding hydrogens is 366 g/mol. The Morgan fingerprint density at radius 2 is 1.85 bits per heavy atom. The van der Waals surface area contributed by atoms with Gasteiger partial charge in [0, 0.05) is 37.0 Å². The van der Waals surface area contributed by atoms with E-state index in [1.165, 1.54) is 17.8 Å². The van der Waals surface area contributed by atoms with Gasteiger partial charge < -0.3 is 10.6 Å². The summed E-state index contributed by atoms with van der Waals surface area (Å²) in [5.41, 5.74) is 3.26. The fraction of sp³-hybridized carbons (Fsp3) is 0.389. The van der Waals surface area contributed by atoms with Crippen molar-refractivity contribution < 1.29 is 9.72 Å². The number of thioether (sulfide) groups is 1. The molecule has 144 valence electrons. The van der Waals surface area contributed by atoms with Gasteiger partial charge in [0.1, 0.15) is 5.69 Å². The van der Waals surface area contributed by atoms with Crippen LogP contribution in [0.4, 0.5) is 11.4 Å². The highest BCUT2D eigenvalue weighted by molar-refractivity contribution is 7.98. The number of carbonyl (C=O) groups excluding carboxylic acids is 1. The SMILES string of the molecule is CSc1nc(C)c(CCC(=O)NCCNc2ccccc2[N+](=O)[O-])c(C)n1. The van der Waals surface area contributed by atoms with Crippen molar-refractivity contribution >= 4 is 29.0 Å². The fourth-order valence-electron chi connectivity index (χ4n) is 2.67. The second-order valence-electron chi connectivity index (χ2n) is 5.91. The van der Waals surface area contributed by atoms with E-state index in [-0.39, 0.29) is 11.6 Å². The molecule has 0 aliphatic carbocycles. The van der Waals surface area contributed by atoms with Gasteiger partial charge in [0.15, 0.2) is 5.16 Å². The van der Waals surface area contributed by atoms with Gasteiger partial charge in [0.2, 0.25) is 5.91 Å². The standard InChI is InChI=1S/C18H23N5O3S/c1-12-14(13(2)22-18(21-12)27-3)8-9-17(24)20-11-10-19-15-6-4-5-7-16(15)23(25)26/h4-7,19H,8-11H2,1-3H3,(H,20,24). The number of rotatable bonds is 9. The molecule has 0 radical (unpaired) electrons. The largest absolute Gasteiger partial charge is 0.378 e. The number of para-hydroxylation sites is 2. The molecule has 1 aromatic carbocycles. The zero-order valence-electron chi connectivity index (χ0n) is 15.6. The maximum atomic E-state index is 12.1. The molecule has 1 heterocycles. The molecule has 0 aliphatic rings. The highest BCUT2D eigenvalue weighted by Gasteiger charge is 2.12. The highest BCUT2D eigenvalue weighted by Crippen LogP contribution is 2.22. The summed E-state index contributed by atoms with van der Waals surface area (Å²) in [6.45, 7) is 4.64. The van der Waals surface area contributed by atoms with Gasteiger partial charge in [-0.3, -0.25) is 14.9 Å². The molecule has 9 heteroatoms. The van der Waals surface area contributed by atoms with Crippen LogP contribution in [0.3, 0.4) is 0 Å². The number of benzene rings is 1. The summed E-state index contributed by atoms with van der Waals surface area (Å²) in [4.78, 5) is 31.4. The average molecular weight is 389 g/mol. The lowest BCUT2D eigenvalue weighted by Crippen LogP contribution is -2.29. The van der Waals surface area contributed by atoms with Crippen LogP contribution >= 0.6 is 11.8 Å². The number of hydrogen-bond donors (Lipinski definition) is 2. The molecule has 0 aliphatic heterocycles. The number of amides is 1. The lowest BCUT2D eigenvalue weighted by Gasteiger charge is -2.11. The summed E-state index contributed by atoms with van der Waals surface area (Å²) in [6, 6.07) is 6.42. The normalized spacial score (nSPS) is 10.5. The molecular formula is C18H23N5O3S. The number of nitrogens with one attached hydrogen (secondary N) is 2. The van der Waals surface area contributed by atoms with Crippen molar-refractivity contribution in [1.29, 1.82) is 0 Å². The second-order valence-corrected chi connectivity index (χ2v) is 6.68. The predicted molar refractivity (Wildman–Crippen MR) is 106 cm³/mol. The Hall–Kier alpha value is -2.68. The van der Waals surface area contributed by atoms with Crippen LogP contribution in [-0.4, -0.2) is 40.1 Å². The van der Waals surface area contributed by atoms with Crippen molar-refractivity contribution in [2.24, 2.45) is 0 Å². The van der Waals surface area contributed by atoms with Gasteiger partial charge in [-0.05, 0) is 38.2 Å². The molecule has 0 atom stereocenters. The third-order valence-corrected chi connectivity index (χ3v) is 4.60. The van der Waals surface area contributed by atoms with E-state index in [2.05, 4.69) is 20.6 Å². The number of nitrogens with zero attached hydrogens (tertiary/aromatic N) is 3. The van der Waals surface area contributed by atoms with Crippen LogP contribution in [0.2, 0.25) is 0 Å². The van der Waals surface area contributed by atoms with Crippen LogP contribution in [0, 0.1) is 24.0 Å². The smallest absolute Gasteiger partial charge is 0.292 e. The predicted octanol–water partition coefficient (Wildman–Crippen LogP) is 2.88. The quantitative estimate of drug-likeness (QED) is 0.223. The fourth-order valence-corrected chi connectivity index (χ4v) is 3.13. The minimum absolute atomic E-state index is 0.0171. The molecule has 0 bridgehead atoms. The first-order chi connectivity index (χ1) is 12.9. The summed E-state index contributed by atoms with van der Waals surface area (Å²) in [5.74, 6) is -0.0768. The Morgan fingerprint density at radius 3 is 2.48 bits per heavy atom. The number of aryl methyl sites for hydroxylation is 2. The lowest BCUT2D eigenvalue weighted by molar-refractivity contribution is -0.384. The van der Waals surface area contributed by atoms with Crippen LogP contribution < -0.4 is 10.6 Å². The molecule has 0 saturated carbocycles. The average Bonchev–Trinajstić information content (AvgIpc) is 2.64. The van der Waals surface area contributed by atoms with Gasteiger partial charge in [-0.15, -0.1) is 0 Å². The number of anilines is 1. The lowest BCUT2D eigenvalue weighted by atomic mass is 10.1.